The van der Waals surface area contributed by atoms with Gasteiger partial charge in [0.1, 0.15) is 12.2 Å². The van der Waals surface area contributed by atoms with E-state index in [1.165, 1.54) is 6.92 Å². The highest BCUT2D eigenvalue weighted by Crippen LogP contribution is 2.24. The Balaban J connectivity index is 1.92. The number of carbonyl (C=O) groups excluding carboxylic acids is 2. The predicted octanol–water partition coefficient (Wildman–Crippen LogP) is 5.75. The van der Waals surface area contributed by atoms with E-state index in [0.717, 1.165) is 10.0 Å². The van der Waals surface area contributed by atoms with Crippen LogP contribution in [0.15, 0.2) is 74.7 Å². The zero-order chi connectivity index (χ0) is 24.2. The SMILES string of the molecule is CC(=O)OCc1cnc(C)c2oc(=Nc3cccc(Br)c3)c(C(=O)Nc3ccccc3C)cc12. The molecule has 34 heavy (non-hydrogen) atoms. The predicted molar refractivity (Wildman–Crippen MR) is 133 cm³/mol. The summed E-state index contributed by atoms with van der Waals surface area (Å²) in [5.74, 6) is -0.786. The second kappa shape index (κ2) is 10.0. The standard InChI is InChI=1S/C26H22BrN3O4/c1-15-7-4-5-10-23(15)30-25(32)22-12-21-18(14-33-17(3)31)13-28-16(2)24(21)34-26(22)29-20-9-6-8-19(27)11-20/h4-13H,14H2,1-3H3,(H,30,32). The first-order valence-corrected chi connectivity index (χ1v) is 11.3. The van der Waals surface area contributed by atoms with E-state index in [1.807, 2.05) is 55.5 Å². The van der Waals surface area contributed by atoms with Gasteiger partial charge in [-0.2, -0.15) is 0 Å². The lowest BCUT2D eigenvalue weighted by Gasteiger charge is -2.12. The lowest BCUT2D eigenvalue weighted by Crippen LogP contribution is -2.22. The molecule has 2 aromatic carbocycles. The number of rotatable bonds is 5. The molecule has 0 saturated carbocycles. The summed E-state index contributed by atoms with van der Waals surface area (Å²) >= 11 is 3.44. The third kappa shape index (κ3) is 5.23. The summed E-state index contributed by atoms with van der Waals surface area (Å²) < 4.78 is 12.2. The first-order valence-electron chi connectivity index (χ1n) is 10.5. The van der Waals surface area contributed by atoms with Crippen molar-refractivity contribution >= 4 is 50.2 Å². The summed E-state index contributed by atoms with van der Waals surface area (Å²) in [6, 6.07) is 16.6. The fraction of sp³-hybridized carbons (Fsp3) is 0.154. The van der Waals surface area contributed by atoms with Crippen molar-refractivity contribution in [1.29, 1.82) is 0 Å². The number of hydrogen-bond acceptors (Lipinski definition) is 6. The zero-order valence-corrected chi connectivity index (χ0v) is 20.5. The Morgan fingerprint density at radius 3 is 2.65 bits per heavy atom. The van der Waals surface area contributed by atoms with E-state index in [9.17, 15) is 9.59 Å². The minimum absolute atomic E-state index is 0.00953. The molecule has 0 fully saturated rings. The van der Waals surface area contributed by atoms with Crippen LogP contribution in [0.5, 0.6) is 0 Å². The van der Waals surface area contributed by atoms with Crippen molar-refractivity contribution in [2.45, 2.75) is 27.4 Å². The lowest BCUT2D eigenvalue weighted by atomic mass is 10.1. The van der Waals surface area contributed by atoms with Gasteiger partial charge in [-0.3, -0.25) is 14.6 Å². The number of amides is 1. The van der Waals surface area contributed by atoms with Crippen molar-refractivity contribution in [3.8, 4) is 0 Å². The first kappa shape index (κ1) is 23.4. The maximum Gasteiger partial charge on any atom is 0.302 e. The van der Waals surface area contributed by atoms with Crippen LogP contribution in [0.1, 0.15) is 34.1 Å². The second-order valence-electron chi connectivity index (χ2n) is 7.72. The number of aryl methyl sites for hydroxylation is 2. The van der Waals surface area contributed by atoms with Crippen molar-refractivity contribution in [3.05, 3.63) is 93.2 Å². The van der Waals surface area contributed by atoms with Crippen molar-refractivity contribution in [3.63, 3.8) is 0 Å². The van der Waals surface area contributed by atoms with E-state index in [-0.39, 0.29) is 23.6 Å². The Hall–Kier alpha value is -3.78. The summed E-state index contributed by atoms with van der Waals surface area (Å²) in [6.45, 7) is 5.07. The van der Waals surface area contributed by atoms with Crippen LogP contribution in [-0.4, -0.2) is 16.9 Å². The quantitative estimate of drug-likeness (QED) is 0.338. The van der Waals surface area contributed by atoms with Crippen LogP contribution in [0.3, 0.4) is 0 Å². The Kier molecular flexibility index (Phi) is 6.88. The van der Waals surface area contributed by atoms with Crippen molar-refractivity contribution in [2.75, 3.05) is 5.32 Å². The summed E-state index contributed by atoms with van der Waals surface area (Å²) in [4.78, 5) is 33.8. The van der Waals surface area contributed by atoms with Crippen LogP contribution < -0.4 is 10.9 Å². The molecule has 0 bridgehead atoms. The van der Waals surface area contributed by atoms with Crippen LogP contribution in [0.25, 0.3) is 11.0 Å². The summed E-state index contributed by atoms with van der Waals surface area (Å²) in [5, 5.41) is 3.57. The average Bonchev–Trinajstić information content (AvgIpc) is 2.80. The van der Waals surface area contributed by atoms with Gasteiger partial charge in [0, 0.05) is 34.2 Å². The average molecular weight is 520 g/mol. The number of esters is 1. The molecule has 0 saturated heterocycles. The van der Waals surface area contributed by atoms with Gasteiger partial charge in [0.05, 0.1) is 11.4 Å². The number of anilines is 1. The smallest absolute Gasteiger partial charge is 0.302 e. The van der Waals surface area contributed by atoms with Gasteiger partial charge in [-0.05, 0) is 49.7 Å². The number of nitrogens with one attached hydrogen (secondary N) is 1. The van der Waals surface area contributed by atoms with E-state index in [1.54, 1.807) is 19.2 Å². The minimum atomic E-state index is -0.413. The molecule has 7 nitrogen and oxygen atoms in total. The summed E-state index contributed by atoms with van der Waals surface area (Å²) in [5.41, 5.74) is 4.32. The number of carbonyl (C=O) groups is 2. The highest BCUT2D eigenvalue weighted by molar-refractivity contribution is 9.10. The third-order valence-corrected chi connectivity index (χ3v) is 5.65. The maximum atomic E-state index is 13.4. The number of para-hydroxylation sites is 1. The van der Waals surface area contributed by atoms with Gasteiger partial charge in [-0.15, -0.1) is 0 Å². The lowest BCUT2D eigenvalue weighted by molar-refractivity contribution is -0.142. The minimum Gasteiger partial charge on any atom is -0.461 e. The van der Waals surface area contributed by atoms with E-state index in [0.29, 0.717) is 33.6 Å². The fourth-order valence-corrected chi connectivity index (χ4v) is 3.78. The van der Waals surface area contributed by atoms with Crippen LogP contribution in [0.4, 0.5) is 11.4 Å². The van der Waals surface area contributed by atoms with Crippen LogP contribution in [0.2, 0.25) is 0 Å². The summed E-state index contributed by atoms with van der Waals surface area (Å²) in [6.07, 6.45) is 1.62. The summed E-state index contributed by atoms with van der Waals surface area (Å²) in [7, 11) is 0. The first-order chi connectivity index (χ1) is 16.3. The highest BCUT2D eigenvalue weighted by atomic mass is 79.9. The number of benzene rings is 2. The van der Waals surface area contributed by atoms with E-state index in [4.69, 9.17) is 9.15 Å². The molecule has 4 aromatic rings. The molecule has 172 valence electrons. The molecule has 8 heteroatoms. The largest absolute Gasteiger partial charge is 0.461 e. The van der Waals surface area contributed by atoms with Gasteiger partial charge in [-0.1, -0.05) is 40.2 Å². The number of aromatic nitrogens is 1. The number of ether oxygens (including phenoxy) is 1. The highest BCUT2D eigenvalue weighted by Gasteiger charge is 2.17. The van der Waals surface area contributed by atoms with E-state index in [2.05, 4.69) is 31.2 Å². The van der Waals surface area contributed by atoms with Crippen LogP contribution in [-0.2, 0) is 16.1 Å². The number of hydrogen-bond donors (Lipinski definition) is 1. The van der Waals surface area contributed by atoms with E-state index < -0.39 is 5.97 Å². The van der Waals surface area contributed by atoms with Gasteiger partial charge >= 0.3 is 5.97 Å². The molecule has 0 aliphatic heterocycles. The topological polar surface area (TPSA) is 93.8 Å². The fourth-order valence-electron chi connectivity index (χ4n) is 3.39. The second-order valence-corrected chi connectivity index (χ2v) is 8.63. The van der Waals surface area contributed by atoms with E-state index >= 15 is 0 Å². The number of halogens is 1. The molecule has 2 heterocycles. The molecule has 2 aromatic heterocycles. The van der Waals surface area contributed by atoms with Crippen LogP contribution >= 0.6 is 15.9 Å². The zero-order valence-electron chi connectivity index (χ0n) is 18.9. The van der Waals surface area contributed by atoms with Gasteiger partial charge in [-0.25, -0.2) is 4.99 Å². The third-order valence-electron chi connectivity index (χ3n) is 5.16. The number of pyridine rings is 1. The van der Waals surface area contributed by atoms with Gasteiger partial charge < -0.3 is 14.5 Å². The number of fused-ring (bicyclic) bond motifs is 1. The Morgan fingerprint density at radius 1 is 1.12 bits per heavy atom. The molecule has 1 amide bonds. The molecule has 0 spiro atoms. The normalized spacial score (nSPS) is 11.5. The van der Waals surface area contributed by atoms with Crippen LogP contribution in [0, 0.1) is 13.8 Å². The van der Waals surface area contributed by atoms with Gasteiger partial charge in [0.25, 0.3) is 5.91 Å². The molecule has 0 aliphatic rings. The van der Waals surface area contributed by atoms with Crippen molar-refractivity contribution in [1.82, 2.24) is 4.98 Å². The van der Waals surface area contributed by atoms with Crippen molar-refractivity contribution in [2.24, 2.45) is 4.99 Å². The number of nitrogens with zero attached hydrogens (tertiary/aromatic N) is 2. The molecular formula is C26H22BrN3O4. The Bertz CT molecular complexity index is 1480. The molecule has 0 aliphatic carbocycles. The molecule has 4 rings (SSSR count). The van der Waals surface area contributed by atoms with Crippen molar-refractivity contribution < 1.29 is 18.7 Å². The monoisotopic (exact) mass is 519 g/mol. The molecule has 0 atom stereocenters. The Morgan fingerprint density at radius 2 is 1.91 bits per heavy atom. The molecular weight excluding hydrogens is 498 g/mol. The Labute approximate surface area is 204 Å². The van der Waals surface area contributed by atoms with Gasteiger partial charge in [0.15, 0.2) is 5.58 Å². The molecule has 0 unspecified atom stereocenters. The van der Waals surface area contributed by atoms with Gasteiger partial charge in [0.2, 0.25) is 5.55 Å². The molecule has 1 N–H and O–H groups in total. The molecule has 0 radical (unpaired) electrons. The maximum absolute atomic E-state index is 13.4.